The number of urea groups is 1. The monoisotopic (exact) mass is 570 g/mol. The summed E-state index contributed by atoms with van der Waals surface area (Å²) >= 11 is 3.12. The second kappa shape index (κ2) is 10.3. The Hall–Kier alpha value is -2.47. The average molecular weight is 571 g/mol. The van der Waals surface area contributed by atoms with Crippen LogP contribution in [0.5, 0.6) is 11.5 Å². The van der Waals surface area contributed by atoms with Crippen molar-refractivity contribution in [3.63, 3.8) is 0 Å². The molecule has 2 fully saturated rings. The van der Waals surface area contributed by atoms with E-state index in [0.717, 1.165) is 4.90 Å². The number of rotatable bonds is 8. The van der Waals surface area contributed by atoms with Crippen LogP contribution in [0.3, 0.4) is 0 Å². The van der Waals surface area contributed by atoms with Crippen LogP contribution in [-0.2, 0) is 18.6 Å². The summed E-state index contributed by atoms with van der Waals surface area (Å²) in [4.78, 5) is 25.3. The zero-order valence-corrected chi connectivity index (χ0v) is 21.0. The van der Waals surface area contributed by atoms with Gasteiger partial charge in [-0.25, -0.2) is 9.36 Å². The van der Waals surface area contributed by atoms with E-state index in [9.17, 15) is 24.4 Å². The van der Waals surface area contributed by atoms with Gasteiger partial charge in [-0.2, -0.15) is 0 Å². The van der Waals surface area contributed by atoms with Gasteiger partial charge in [-0.05, 0) is 31.2 Å². The molecule has 188 valence electrons. The summed E-state index contributed by atoms with van der Waals surface area (Å²) < 4.78 is 34.3. The molecule has 4 rings (SSSR count). The normalized spacial score (nSPS) is 29.1. The summed E-state index contributed by atoms with van der Waals surface area (Å²) in [5.74, 6) is -0.222. The highest BCUT2D eigenvalue weighted by molar-refractivity contribution is 9.10. The highest BCUT2D eigenvalue weighted by Gasteiger charge is 2.53. The summed E-state index contributed by atoms with van der Waals surface area (Å²) in [5, 5.41) is 23.2. The molecule has 0 aromatic heterocycles. The minimum Gasteiger partial charge on any atom is -0.395 e. The molecular weight excluding hydrogens is 547 g/mol. The lowest BCUT2D eigenvalue weighted by Crippen LogP contribution is -2.68. The Bertz CT molecular complexity index is 1060. The molecule has 5 atom stereocenters. The molecule has 0 bridgehead atoms. The van der Waals surface area contributed by atoms with Crippen molar-refractivity contribution < 1.29 is 42.7 Å². The molecule has 2 aromatic carbocycles. The van der Waals surface area contributed by atoms with Crippen molar-refractivity contribution in [3.05, 3.63) is 60.7 Å². The fourth-order valence-electron chi connectivity index (χ4n) is 3.55. The fourth-order valence-corrected chi connectivity index (χ4v) is 5.11. The Balaban J connectivity index is 1.46. The summed E-state index contributed by atoms with van der Waals surface area (Å²) in [6.07, 6.45) is -4.90. The maximum atomic E-state index is 13.5. The average Bonchev–Trinajstić information content (AvgIpc) is 3.18. The Morgan fingerprint density at radius 1 is 1.09 bits per heavy atom. The van der Waals surface area contributed by atoms with E-state index >= 15 is 0 Å². The lowest BCUT2D eigenvalue weighted by molar-refractivity contribution is -0.147. The van der Waals surface area contributed by atoms with Crippen molar-refractivity contribution in [2.24, 2.45) is 0 Å². The third kappa shape index (κ3) is 5.69. The second-order valence-electron chi connectivity index (χ2n) is 8.10. The largest absolute Gasteiger partial charge is 0.587 e. The van der Waals surface area contributed by atoms with Gasteiger partial charge in [0.05, 0.1) is 12.7 Å². The number of aliphatic hydroxyl groups excluding tert-OH is 2. The highest BCUT2D eigenvalue weighted by atomic mass is 79.9. The highest BCUT2D eigenvalue weighted by Crippen LogP contribution is 2.50. The lowest BCUT2D eigenvalue weighted by atomic mass is 10.1. The number of nitrogens with one attached hydrogen (secondary N) is 1. The van der Waals surface area contributed by atoms with Crippen molar-refractivity contribution in [1.82, 2.24) is 10.2 Å². The van der Waals surface area contributed by atoms with Gasteiger partial charge in [0.15, 0.2) is 6.23 Å². The molecular formula is C22H24BrN2O9P. The number of para-hydroxylation sites is 2. The molecule has 35 heavy (non-hydrogen) atoms. The van der Waals surface area contributed by atoms with Crippen molar-refractivity contribution in [3.8, 4) is 11.5 Å². The van der Waals surface area contributed by atoms with Gasteiger partial charge in [0, 0.05) is 6.42 Å². The minimum atomic E-state index is -4.23. The molecule has 2 saturated heterocycles. The maximum absolute atomic E-state index is 13.5. The van der Waals surface area contributed by atoms with Crippen molar-refractivity contribution in [2.75, 3.05) is 6.61 Å². The molecule has 0 radical (unpaired) electrons. The summed E-state index contributed by atoms with van der Waals surface area (Å²) in [5.41, 5.74) is 0. The number of imide groups is 1. The van der Waals surface area contributed by atoms with E-state index in [1.54, 1.807) is 60.7 Å². The number of nitrogens with zero attached hydrogens (tertiary/aromatic N) is 1. The molecule has 2 heterocycles. The molecule has 13 heteroatoms. The molecule has 1 unspecified atom stereocenters. The summed E-state index contributed by atoms with van der Waals surface area (Å²) in [7, 11) is -4.23. The van der Waals surface area contributed by atoms with E-state index in [1.165, 1.54) is 6.92 Å². The Labute approximate surface area is 209 Å². The van der Waals surface area contributed by atoms with E-state index in [4.69, 9.17) is 18.3 Å². The van der Waals surface area contributed by atoms with E-state index in [2.05, 4.69) is 21.2 Å². The number of aliphatic hydroxyl groups is 2. The van der Waals surface area contributed by atoms with Crippen LogP contribution in [-0.4, -0.2) is 62.6 Å². The molecule has 3 N–H and O–H groups in total. The van der Waals surface area contributed by atoms with Gasteiger partial charge in [-0.1, -0.05) is 52.3 Å². The van der Waals surface area contributed by atoms with Crippen LogP contribution in [0.15, 0.2) is 60.7 Å². The minimum absolute atomic E-state index is 0.0842. The number of carbonyl (C=O) groups excluding carboxylic acids is 2. The van der Waals surface area contributed by atoms with Crippen LogP contribution in [0.2, 0.25) is 0 Å². The van der Waals surface area contributed by atoms with Crippen LogP contribution in [0, 0.1) is 0 Å². The first-order valence-corrected chi connectivity index (χ1v) is 12.9. The number of carbonyl (C=O) groups is 2. The number of hydrogen-bond acceptors (Lipinski definition) is 9. The van der Waals surface area contributed by atoms with E-state index in [1.807, 2.05) is 0 Å². The molecule has 0 saturated carbocycles. The second-order valence-corrected chi connectivity index (χ2v) is 11.3. The van der Waals surface area contributed by atoms with Crippen LogP contribution in [0.4, 0.5) is 4.79 Å². The van der Waals surface area contributed by atoms with Crippen LogP contribution >= 0.6 is 23.8 Å². The Morgan fingerprint density at radius 3 is 2.17 bits per heavy atom. The predicted octanol–water partition coefficient (Wildman–Crippen LogP) is 2.77. The first-order chi connectivity index (χ1) is 16.6. The number of phosphoric acid groups is 1. The molecule has 2 aromatic rings. The third-order valence-electron chi connectivity index (χ3n) is 5.48. The smallest absolute Gasteiger partial charge is 0.395 e. The van der Waals surface area contributed by atoms with Gasteiger partial charge >= 0.3 is 13.9 Å². The third-order valence-corrected chi connectivity index (χ3v) is 7.58. The maximum Gasteiger partial charge on any atom is 0.587 e. The van der Waals surface area contributed by atoms with Crippen molar-refractivity contribution in [1.29, 1.82) is 0 Å². The molecule has 0 spiro atoms. The topological polar surface area (TPSA) is 144 Å². The molecule has 0 aliphatic carbocycles. The quantitative estimate of drug-likeness (QED) is 0.322. The number of hydrogen-bond donors (Lipinski definition) is 3. The summed E-state index contributed by atoms with van der Waals surface area (Å²) in [6.45, 7) is 0.987. The number of ether oxygens (including phenoxy) is 1. The van der Waals surface area contributed by atoms with E-state index in [-0.39, 0.29) is 17.9 Å². The molecule has 11 nitrogen and oxygen atoms in total. The number of benzene rings is 2. The first-order valence-electron chi connectivity index (χ1n) is 10.7. The fraction of sp³-hybridized carbons (Fsp3) is 0.364. The molecule has 3 amide bonds. The van der Waals surface area contributed by atoms with Crippen molar-refractivity contribution >= 4 is 35.7 Å². The van der Waals surface area contributed by atoms with Crippen LogP contribution in [0.1, 0.15) is 13.3 Å². The van der Waals surface area contributed by atoms with Gasteiger partial charge in [0.1, 0.15) is 28.2 Å². The van der Waals surface area contributed by atoms with Gasteiger partial charge in [-0.3, -0.25) is 19.5 Å². The standard InChI is InChI=1S/C22H24BrN2O9P/c1-22(23)19(27)24-21(29)25(20(22)28)18-12-16(26)17(32-18)13-31-35(30,33-14-8-4-2-5-9-14)34-15-10-6-3-7-11-15/h2-11,16-18,20,26,28H,12-13H2,1H3,(H,24,27,29)/t16-,17+,18+,20+,22?/m0/s1. The van der Waals surface area contributed by atoms with Crippen LogP contribution in [0.25, 0.3) is 0 Å². The van der Waals surface area contributed by atoms with E-state index < -0.39 is 55.4 Å². The molecule has 2 aliphatic rings. The summed E-state index contributed by atoms with van der Waals surface area (Å²) in [6, 6.07) is 15.7. The number of phosphoric ester groups is 1. The Morgan fingerprint density at radius 2 is 1.63 bits per heavy atom. The van der Waals surface area contributed by atoms with Gasteiger partial charge in [0.2, 0.25) is 5.91 Å². The van der Waals surface area contributed by atoms with Gasteiger partial charge in [-0.15, -0.1) is 0 Å². The van der Waals surface area contributed by atoms with Gasteiger partial charge < -0.3 is 24.0 Å². The lowest BCUT2D eigenvalue weighted by Gasteiger charge is -2.42. The van der Waals surface area contributed by atoms with Crippen molar-refractivity contribution in [2.45, 2.75) is 42.3 Å². The Kier molecular flexibility index (Phi) is 7.51. The van der Waals surface area contributed by atoms with E-state index in [0.29, 0.717) is 0 Å². The number of alkyl halides is 1. The number of halogens is 1. The molecule has 2 aliphatic heterocycles. The number of amides is 3. The van der Waals surface area contributed by atoms with Gasteiger partial charge in [0.25, 0.3) is 0 Å². The first kappa shape index (κ1) is 25.6. The van der Waals surface area contributed by atoms with Crippen LogP contribution < -0.4 is 14.4 Å². The SMILES string of the molecule is CC1(Br)C(=O)NC(=O)N([C@H]2C[C@H](O)[C@@H](COP(=O)(Oc3ccccc3)Oc3ccccc3)O2)[C@@H]1O. The zero-order chi connectivity index (χ0) is 25.2. The predicted molar refractivity (Wildman–Crippen MR) is 126 cm³/mol. The zero-order valence-electron chi connectivity index (χ0n) is 18.5.